The minimum Gasteiger partial charge on any atom is -0.390 e. The number of benzene rings is 2. The highest BCUT2D eigenvalue weighted by Gasteiger charge is 2.20. The van der Waals surface area contributed by atoms with E-state index in [2.05, 4.69) is 15.6 Å². The summed E-state index contributed by atoms with van der Waals surface area (Å²) < 4.78 is 1.14. The molecule has 4 aromatic rings. The van der Waals surface area contributed by atoms with E-state index in [0.29, 0.717) is 21.1 Å². The Morgan fingerprint density at radius 2 is 1.90 bits per heavy atom. The van der Waals surface area contributed by atoms with Gasteiger partial charge in [0.15, 0.2) is 5.69 Å². The summed E-state index contributed by atoms with van der Waals surface area (Å²) in [4.78, 5) is 25.6. The SMILES string of the molecule is Nc1scc2c(C(=O)NN=Cc3ccccc3)nn(-c3ccc(Cl)cc3)c(=O)c12. The number of carbonyl (C=O) groups excluding carboxylic acids is 1. The third kappa shape index (κ3) is 3.75. The molecule has 0 unspecified atom stereocenters. The van der Waals surface area contributed by atoms with Gasteiger partial charge in [0, 0.05) is 15.8 Å². The van der Waals surface area contributed by atoms with E-state index in [4.69, 9.17) is 17.3 Å². The third-order valence-corrected chi connectivity index (χ3v) is 5.21. The lowest BCUT2D eigenvalue weighted by molar-refractivity contribution is 0.0950. The lowest BCUT2D eigenvalue weighted by Gasteiger charge is -2.08. The zero-order valence-corrected chi connectivity index (χ0v) is 16.4. The van der Waals surface area contributed by atoms with Gasteiger partial charge >= 0.3 is 0 Å². The molecule has 0 bridgehead atoms. The molecule has 9 heteroatoms. The van der Waals surface area contributed by atoms with Gasteiger partial charge in [0.2, 0.25) is 0 Å². The number of nitrogen functional groups attached to an aromatic ring is 1. The third-order valence-electron chi connectivity index (χ3n) is 4.15. The molecule has 0 aliphatic carbocycles. The van der Waals surface area contributed by atoms with Crippen molar-refractivity contribution in [2.24, 2.45) is 5.10 Å². The van der Waals surface area contributed by atoms with Crippen molar-refractivity contribution in [3.05, 3.63) is 86.6 Å². The van der Waals surface area contributed by atoms with E-state index in [1.54, 1.807) is 29.6 Å². The highest BCUT2D eigenvalue weighted by atomic mass is 35.5. The maximum atomic E-state index is 12.9. The molecular weight excluding hydrogens is 410 g/mol. The quantitative estimate of drug-likeness (QED) is 0.387. The number of hydrazone groups is 1. The second-order valence-electron chi connectivity index (χ2n) is 6.04. The Labute approximate surface area is 174 Å². The standard InChI is InChI=1S/C20H14ClN5O2S/c21-13-6-8-14(9-7-13)26-20(28)16-15(11-29-18(16)22)17(25-26)19(27)24-23-10-12-4-2-1-3-5-12/h1-11H,22H2,(H,24,27). The minimum atomic E-state index is -0.553. The van der Waals surface area contributed by atoms with Crippen molar-refractivity contribution in [2.75, 3.05) is 5.73 Å². The summed E-state index contributed by atoms with van der Waals surface area (Å²) in [6.07, 6.45) is 1.52. The smallest absolute Gasteiger partial charge is 0.292 e. The van der Waals surface area contributed by atoms with Crippen LogP contribution in [0.3, 0.4) is 0 Å². The first-order chi connectivity index (χ1) is 14.0. The van der Waals surface area contributed by atoms with E-state index >= 15 is 0 Å². The molecule has 29 heavy (non-hydrogen) atoms. The number of halogens is 1. The summed E-state index contributed by atoms with van der Waals surface area (Å²) in [5, 5.41) is 11.3. The van der Waals surface area contributed by atoms with Crippen LogP contribution in [-0.2, 0) is 0 Å². The van der Waals surface area contributed by atoms with Crippen LogP contribution < -0.4 is 16.7 Å². The zero-order valence-electron chi connectivity index (χ0n) is 14.9. The second-order valence-corrected chi connectivity index (χ2v) is 7.39. The Hall–Kier alpha value is -3.49. The van der Waals surface area contributed by atoms with Gasteiger partial charge < -0.3 is 5.73 Å². The Bertz CT molecular complexity index is 1280. The van der Waals surface area contributed by atoms with Gasteiger partial charge in [0.05, 0.1) is 22.3 Å². The summed E-state index contributed by atoms with van der Waals surface area (Å²) in [6.45, 7) is 0. The molecule has 1 amide bonds. The number of hydrogen-bond donors (Lipinski definition) is 2. The van der Waals surface area contributed by atoms with Crippen molar-refractivity contribution >= 4 is 50.8 Å². The summed E-state index contributed by atoms with van der Waals surface area (Å²) in [7, 11) is 0. The predicted molar refractivity (Wildman–Crippen MR) is 116 cm³/mol. The minimum absolute atomic E-state index is 0.0488. The van der Waals surface area contributed by atoms with Crippen LogP contribution in [-0.4, -0.2) is 21.9 Å². The van der Waals surface area contributed by atoms with Gasteiger partial charge in [0.1, 0.15) is 0 Å². The average Bonchev–Trinajstić information content (AvgIpc) is 3.12. The Balaban J connectivity index is 1.76. The van der Waals surface area contributed by atoms with Gasteiger partial charge in [0.25, 0.3) is 11.5 Å². The van der Waals surface area contributed by atoms with E-state index < -0.39 is 11.5 Å². The molecule has 0 aliphatic heterocycles. The first kappa shape index (κ1) is 18.9. The van der Waals surface area contributed by atoms with E-state index in [1.807, 2.05) is 30.3 Å². The van der Waals surface area contributed by atoms with E-state index in [0.717, 1.165) is 10.2 Å². The fourth-order valence-electron chi connectivity index (χ4n) is 2.76. The number of nitrogens with zero attached hydrogens (tertiary/aromatic N) is 3. The number of aromatic nitrogens is 2. The number of nitrogens with one attached hydrogen (secondary N) is 1. The number of amides is 1. The number of hydrogen-bond acceptors (Lipinski definition) is 6. The predicted octanol–water partition coefficient (Wildman–Crippen LogP) is 3.45. The van der Waals surface area contributed by atoms with Gasteiger partial charge in [-0.1, -0.05) is 41.9 Å². The van der Waals surface area contributed by atoms with Crippen LogP contribution in [0.1, 0.15) is 16.1 Å². The summed E-state index contributed by atoms with van der Waals surface area (Å²) in [6, 6.07) is 15.9. The maximum absolute atomic E-state index is 12.9. The van der Waals surface area contributed by atoms with E-state index in [-0.39, 0.29) is 11.1 Å². The van der Waals surface area contributed by atoms with E-state index in [1.165, 1.54) is 17.6 Å². The number of thiophene rings is 1. The summed E-state index contributed by atoms with van der Waals surface area (Å²) in [5.41, 5.74) is 9.37. The molecule has 0 saturated carbocycles. The molecule has 0 atom stereocenters. The van der Waals surface area contributed by atoms with Crippen LogP contribution in [0.4, 0.5) is 5.00 Å². The molecule has 0 aliphatic rings. The molecule has 2 heterocycles. The maximum Gasteiger partial charge on any atom is 0.292 e. The zero-order chi connectivity index (χ0) is 20.4. The lowest BCUT2D eigenvalue weighted by Crippen LogP contribution is -2.28. The van der Waals surface area contributed by atoms with Crippen molar-refractivity contribution in [3.8, 4) is 5.69 Å². The van der Waals surface area contributed by atoms with Crippen molar-refractivity contribution in [1.29, 1.82) is 0 Å². The van der Waals surface area contributed by atoms with Crippen molar-refractivity contribution in [1.82, 2.24) is 15.2 Å². The molecule has 0 fully saturated rings. The molecule has 0 radical (unpaired) electrons. The van der Waals surface area contributed by atoms with Gasteiger partial charge in [-0.05, 0) is 29.8 Å². The van der Waals surface area contributed by atoms with Crippen LogP contribution in [0.2, 0.25) is 5.02 Å². The number of nitrogens with two attached hydrogens (primary N) is 1. The van der Waals surface area contributed by atoms with Crippen LogP contribution in [0.15, 0.2) is 69.9 Å². The molecule has 3 N–H and O–H groups in total. The van der Waals surface area contributed by atoms with Crippen LogP contribution in [0.25, 0.3) is 16.5 Å². The fourth-order valence-corrected chi connectivity index (χ4v) is 3.67. The first-order valence-electron chi connectivity index (χ1n) is 8.49. The van der Waals surface area contributed by atoms with Crippen molar-refractivity contribution < 1.29 is 4.79 Å². The molecule has 2 aromatic heterocycles. The molecule has 2 aromatic carbocycles. The Morgan fingerprint density at radius 3 is 2.62 bits per heavy atom. The first-order valence-corrected chi connectivity index (χ1v) is 9.75. The normalized spacial score (nSPS) is 11.2. The fraction of sp³-hybridized carbons (Fsp3) is 0. The largest absolute Gasteiger partial charge is 0.390 e. The highest BCUT2D eigenvalue weighted by molar-refractivity contribution is 7.15. The average molecular weight is 424 g/mol. The van der Waals surface area contributed by atoms with Gasteiger partial charge in [-0.3, -0.25) is 9.59 Å². The summed E-state index contributed by atoms with van der Waals surface area (Å²) >= 11 is 7.10. The molecule has 7 nitrogen and oxygen atoms in total. The topological polar surface area (TPSA) is 102 Å². The second kappa shape index (κ2) is 7.86. The van der Waals surface area contributed by atoms with Gasteiger partial charge in [-0.25, -0.2) is 5.43 Å². The molecular formula is C20H14ClN5O2S. The van der Waals surface area contributed by atoms with Crippen molar-refractivity contribution in [3.63, 3.8) is 0 Å². The number of rotatable bonds is 4. The van der Waals surface area contributed by atoms with Gasteiger partial charge in [-0.2, -0.15) is 14.9 Å². The monoisotopic (exact) mass is 423 g/mol. The lowest BCUT2D eigenvalue weighted by atomic mass is 10.2. The van der Waals surface area contributed by atoms with Crippen molar-refractivity contribution in [2.45, 2.75) is 0 Å². The Morgan fingerprint density at radius 1 is 1.17 bits per heavy atom. The molecule has 0 spiro atoms. The summed E-state index contributed by atoms with van der Waals surface area (Å²) in [5.74, 6) is -0.553. The molecule has 4 rings (SSSR count). The molecule has 0 saturated heterocycles. The number of fused-ring (bicyclic) bond motifs is 1. The van der Waals surface area contributed by atoms with Crippen LogP contribution in [0, 0.1) is 0 Å². The molecule has 144 valence electrons. The van der Waals surface area contributed by atoms with Crippen LogP contribution in [0.5, 0.6) is 0 Å². The van der Waals surface area contributed by atoms with E-state index in [9.17, 15) is 9.59 Å². The Kier molecular flexibility index (Phi) is 5.11. The van der Waals surface area contributed by atoms with Gasteiger partial charge in [-0.15, -0.1) is 11.3 Å². The number of anilines is 1. The number of carbonyl (C=O) groups is 1. The highest BCUT2D eigenvalue weighted by Crippen LogP contribution is 2.27. The van der Waals surface area contributed by atoms with Crippen LogP contribution >= 0.6 is 22.9 Å².